The molecule has 0 aliphatic carbocycles. The number of hydrogen-bond acceptors (Lipinski definition) is 4. The molecule has 15 heavy (non-hydrogen) atoms. The summed E-state index contributed by atoms with van der Waals surface area (Å²) in [6, 6.07) is -0.507. The molecule has 82 valence electrons. The monoisotopic (exact) mass is 228 g/mol. The van der Waals surface area contributed by atoms with Gasteiger partial charge in [-0.2, -0.15) is 0 Å². The fourth-order valence-corrected chi connectivity index (χ4v) is 1.89. The first kappa shape index (κ1) is 10.7. The smallest absolute Gasteiger partial charge is 0.225 e. The molecule has 4 nitrogen and oxygen atoms in total. The van der Waals surface area contributed by atoms with Crippen molar-refractivity contribution in [1.82, 2.24) is 9.97 Å². The number of nitrogens with zero attached hydrogens (tertiary/aromatic N) is 3. The van der Waals surface area contributed by atoms with E-state index in [1.54, 1.807) is 17.3 Å². The lowest BCUT2D eigenvalue weighted by atomic mass is 10.2. The molecule has 6 heteroatoms. The van der Waals surface area contributed by atoms with E-state index in [1.165, 1.54) is 0 Å². The second-order valence-corrected chi connectivity index (χ2v) is 4.93. The van der Waals surface area contributed by atoms with Gasteiger partial charge in [-0.05, 0) is 12.5 Å². The Kier molecular flexibility index (Phi) is 2.61. The van der Waals surface area contributed by atoms with Gasteiger partial charge in [0.05, 0.1) is 12.6 Å². The first-order valence-electron chi connectivity index (χ1n) is 4.76. The number of rotatable bonds is 1. The van der Waals surface area contributed by atoms with Crippen molar-refractivity contribution in [1.29, 1.82) is 0 Å². The number of nitrogens with two attached hydrogens (primary N) is 1. The average molecular weight is 228 g/mol. The minimum Gasteiger partial charge on any atom is -0.336 e. The molecule has 2 rings (SSSR count). The first-order chi connectivity index (χ1) is 6.99. The molecule has 0 saturated carbocycles. The highest BCUT2D eigenvalue weighted by atomic mass is 31.0. The zero-order valence-corrected chi connectivity index (χ0v) is 9.68. The lowest BCUT2D eigenvalue weighted by molar-refractivity contribution is 0.288. The Hall–Kier alpha value is -0.800. The molecule has 1 aromatic heterocycles. The van der Waals surface area contributed by atoms with Gasteiger partial charge in [0.1, 0.15) is 0 Å². The molecule has 2 heterocycles. The Morgan fingerprint density at radius 1 is 1.60 bits per heavy atom. The van der Waals surface area contributed by atoms with Gasteiger partial charge in [0, 0.05) is 18.9 Å². The molecule has 0 aromatic carbocycles. The third kappa shape index (κ3) is 2.08. The standard InChI is InChI=1S/C9H14FN4P/c1-6-2-12-8(13-3-6)14-4-7(11)9(10,15)5-14/h2-3,7H,4-5,11,15H2,1H3. The van der Waals surface area contributed by atoms with Crippen LogP contribution >= 0.6 is 9.24 Å². The van der Waals surface area contributed by atoms with Crippen LogP contribution in [0.4, 0.5) is 10.3 Å². The summed E-state index contributed by atoms with van der Waals surface area (Å²) in [5.41, 5.74) is 6.66. The van der Waals surface area contributed by atoms with Crippen molar-refractivity contribution in [2.24, 2.45) is 5.73 Å². The Labute approximate surface area is 90.3 Å². The summed E-state index contributed by atoms with van der Waals surface area (Å²) in [5, 5.41) is -1.44. The van der Waals surface area contributed by atoms with Crippen molar-refractivity contribution in [3.63, 3.8) is 0 Å². The molecule has 0 amide bonds. The fraction of sp³-hybridized carbons (Fsp3) is 0.556. The van der Waals surface area contributed by atoms with Gasteiger partial charge in [0.2, 0.25) is 5.95 Å². The molecule has 1 fully saturated rings. The van der Waals surface area contributed by atoms with Crippen LogP contribution in [0.25, 0.3) is 0 Å². The predicted molar refractivity (Wildman–Crippen MR) is 60.5 cm³/mol. The predicted octanol–water partition coefficient (Wildman–Crippen LogP) is 0.473. The number of aryl methyl sites for hydroxylation is 1. The van der Waals surface area contributed by atoms with Gasteiger partial charge in [-0.1, -0.05) is 9.24 Å². The third-order valence-corrected chi connectivity index (χ3v) is 3.13. The Morgan fingerprint density at radius 3 is 2.67 bits per heavy atom. The summed E-state index contributed by atoms with van der Waals surface area (Å²) in [6.07, 6.45) is 3.43. The van der Waals surface area contributed by atoms with Gasteiger partial charge in [-0.25, -0.2) is 14.4 Å². The van der Waals surface area contributed by atoms with Crippen LogP contribution in [-0.2, 0) is 0 Å². The molecule has 0 spiro atoms. The van der Waals surface area contributed by atoms with Crippen molar-refractivity contribution in [3.05, 3.63) is 18.0 Å². The van der Waals surface area contributed by atoms with Crippen LogP contribution in [0, 0.1) is 6.92 Å². The van der Waals surface area contributed by atoms with Crippen LogP contribution in [0.3, 0.4) is 0 Å². The summed E-state index contributed by atoms with van der Waals surface area (Å²) in [4.78, 5) is 10.0. The Balaban J connectivity index is 2.17. The van der Waals surface area contributed by atoms with E-state index in [0.717, 1.165) is 5.56 Å². The average Bonchev–Trinajstić information content (AvgIpc) is 2.42. The molecule has 1 saturated heterocycles. The molecule has 3 atom stereocenters. The van der Waals surface area contributed by atoms with Gasteiger partial charge in [0.25, 0.3) is 0 Å². The summed E-state index contributed by atoms with van der Waals surface area (Å²) < 4.78 is 13.8. The van der Waals surface area contributed by atoms with Crippen LogP contribution in [0.2, 0.25) is 0 Å². The van der Waals surface area contributed by atoms with Gasteiger partial charge < -0.3 is 10.6 Å². The highest BCUT2D eigenvalue weighted by Gasteiger charge is 2.42. The van der Waals surface area contributed by atoms with Crippen molar-refractivity contribution >= 4 is 15.2 Å². The SMILES string of the molecule is Cc1cnc(N2CC(N)C(F)(P)C2)nc1. The quantitative estimate of drug-likeness (QED) is 0.710. The summed E-state index contributed by atoms with van der Waals surface area (Å²) in [7, 11) is 2.16. The molecular weight excluding hydrogens is 214 g/mol. The van der Waals surface area contributed by atoms with Gasteiger partial charge in [-0.15, -0.1) is 0 Å². The normalized spacial score (nSPS) is 30.9. The first-order valence-corrected chi connectivity index (χ1v) is 5.34. The number of anilines is 1. The zero-order valence-electron chi connectivity index (χ0n) is 8.52. The van der Waals surface area contributed by atoms with E-state index in [4.69, 9.17) is 5.73 Å². The maximum atomic E-state index is 13.8. The van der Waals surface area contributed by atoms with E-state index >= 15 is 0 Å². The number of alkyl halides is 1. The van der Waals surface area contributed by atoms with E-state index in [9.17, 15) is 4.39 Å². The van der Waals surface area contributed by atoms with Crippen LogP contribution in [0.5, 0.6) is 0 Å². The summed E-state index contributed by atoms with van der Waals surface area (Å²) in [5.74, 6) is 0.540. The van der Waals surface area contributed by atoms with Crippen molar-refractivity contribution in [3.8, 4) is 0 Å². The minimum absolute atomic E-state index is 0.224. The Bertz CT molecular complexity index is 354. The van der Waals surface area contributed by atoms with Crippen molar-refractivity contribution < 1.29 is 4.39 Å². The second-order valence-electron chi connectivity index (χ2n) is 3.97. The fourth-order valence-electron chi connectivity index (χ4n) is 1.56. The number of aromatic nitrogens is 2. The van der Waals surface area contributed by atoms with Gasteiger partial charge in [0.15, 0.2) is 5.41 Å². The molecule has 0 radical (unpaired) electrons. The molecule has 0 bridgehead atoms. The minimum atomic E-state index is -1.44. The topological polar surface area (TPSA) is 55.0 Å². The lowest BCUT2D eigenvalue weighted by Gasteiger charge is -2.17. The number of halogens is 1. The Morgan fingerprint density at radius 2 is 2.20 bits per heavy atom. The molecule has 2 N–H and O–H groups in total. The van der Waals surface area contributed by atoms with Crippen molar-refractivity contribution in [2.45, 2.75) is 18.4 Å². The van der Waals surface area contributed by atoms with Crippen molar-refractivity contribution in [2.75, 3.05) is 18.0 Å². The molecule has 1 aromatic rings. The number of hydrogen-bond donors (Lipinski definition) is 1. The third-order valence-electron chi connectivity index (χ3n) is 2.52. The summed E-state index contributed by atoms with van der Waals surface area (Å²) in [6.45, 7) is 2.58. The molecular formula is C9H14FN4P. The molecule has 1 aliphatic heterocycles. The highest BCUT2D eigenvalue weighted by molar-refractivity contribution is 7.18. The van der Waals surface area contributed by atoms with Crippen LogP contribution in [-0.4, -0.2) is 34.5 Å². The van der Waals surface area contributed by atoms with E-state index in [1.807, 2.05) is 6.92 Å². The van der Waals surface area contributed by atoms with E-state index in [2.05, 4.69) is 19.2 Å². The lowest BCUT2D eigenvalue weighted by Crippen LogP contribution is -2.37. The van der Waals surface area contributed by atoms with E-state index in [-0.39, 0.29) is 6.54 Å². The maximum absolute atomic E-state index is 13.8. The van der Waals surface area contributed by atoms with Crippen LogP contribution in [0.1, 0.15) is 5.56 Å². The van der Waals surface area contributed by atoms with Gasteiger partial charge in [-0.3, -0.25) is 0 Å². The second kappa shape index (κ2) is 3.65. The summed E-state index contributed by atoms with van der Waals surface area (Å²) >= 11 is 0. The van der Waals surface area contributed by atoms with Crippen LogP contribution in [0.15, 0.2) is 12.4 Å². The maximum Gasteiger partial charge on any atom is 0.225 e. The van der Waals surface area contributed by atoms with E-state index in [0.29, 0.717) is 12.5 Å². The molecule has 3 unspecified atom stereocenters. The van der Waals surface area contributed by atoms with E-state index < -0.39 is 11.5 Å². The van der Waals surface area contributed by atoms with Gasteiger partial charge >= 0.3 is 0 Å². The largest absolute Gasteiger partial charge is 0.336 e. The van der Waals surface area contributed by atoms with Crippen LogP contribution < -0.4 is 10.6 Å². The highest BCUT2D eigenvalue weighted by Crippen LogP contribution is 2.32. The zero-order chi connectivity index (χ0) is 11.1. The molecule has 1 aliphatic rings.